The second-order valence-corrected chi connectivity index (χ2v) is 10.8. The highest BCUT2D eigenvalue weighted by molar-refractivity contribution is 7.92. The number of rotatable bonds is 11. The number of sulfonamides is 1. The van der Waals surface area contributed by atoms with Gasteiger partial charge in [-0.3, -0.25) is 18.7 Å². The number of benzene rings is 2. The summed E-state index contributed by atoms with van der Waals surface area (Å²) in [6.07, 6.45) is 1.67. The molecule has 0 aliphatic heterocycles. The Morgan fingerprint density at radius 1 is 1.06 bits per heavy atom. The standard InChI is InChI=1S/C24H29Cl2N3O5S/c1-5-12-27-24(32)16(2)28(14-20-21(25)10-7-11-22(20)26)23(31)15-29(35(4,33)34)19-9-6-8-18(13-19)17(3)30/h6-11,13,16H,5,12,14-15H2,1-4H3,(H,27,32)/t16-/m0/s1. The number of carbonyl (C=O) groups is 3. The average Bonchev–Trinajstić information content (AvgIpc) is 2.79. The Morgan fingerprint density at radius 2 is 1.66 bits per heavy atom. The molecule has 2 rings (SSSR count). The van der Waals surface area contributed by atoms with Crippen molar-refractivity contribution in [2.75, 3.05) is 23.7 Å². The molecule has 0 heterocycles. The lowest BCUT2D eigenvalue weighted by atomic mass is 10.1. The molecule has 1 atom stereocenters. The molecule has 0 bridgehead atoms. The predicted octanol–water partition coefficient (Wildman–Crippen LogP) is 3.91. The topological polar surface area (TPSA) is 104 Å². The van der Waals surface area contributed by atoms with Gasteiger partial charge in [-0.25, -0.2) is 8.42 Å². The molecule has 0 radical (unpaired) electrons. The van der Waals surface area contributed by atoms with Crippen molar-refractivity contribution in [1.29, 1.82) is 0 Å². The maximum absolute atomic E-state index is 13.5. The molecule has 11 heteroatoms. The molecular formula is C24H29Cl2N3O5S. The Hall–Kier alpha value is -2.62. The first kappa shape index (κ1) is 28.6. The average molecular weight is 542 g/mol. The third kappa shape index (κ3) is 7.68. The highest BCUT2D eigenvalue weighted by Gasteiger charge is 2.31. The highest BCUT2D eigenvalue weighted by Crippen LogP contribution is 2.27. The van der Waals surface area contributed by atoms with Crippen molar-refractivity contribution in [2.45, 2.75) is 39.8 Å². The molecule has 0 unspecified atom stereocenters. The zero-order valence-corrected chi connectivity index (χ0v) is 22.4. The minimum atomic E-state index is -3.92. The molecule has 0 aliphatic rings. The van der Waals surface area contributed by atoms with Gasteiger partial charge in [-0.15, -0.1) is 0 Å². The predicted molar refractivity (Wildman–Crippen MR) is 138 cm³/mol. The molecule has 1 N–H and O–H groups in total. The van der Waals surface area contributed by atoms with Gasteiger partial charge >= 0.3 is 0 Å². The number of Topliss-reactive ketones (excluding diaryl/α,β-unsaturated/α-hetero) is 1. The lowest BCUT2D eigenvalue weighted by Crippen LogP contribution is -2.51. The maximum atomic E-state index is 13.5. The van der Waals surface area contributed by atoms with Crippen molar-refractivity contribution in [3.8, 4) is 0 Å². The van der Waals surface area contributed by atoms with Crippen LogP contribution < -0.4 is 9.62 Å². The van der Waals surface area contributed by atoms with Crippen LogP contribution in [0.2, 0.25) is 10.0 Å². The fourth-order valence-corrected chi connectivity index (χ4v) is 4.68. The Balaban J connectivity index is 2.47. The molecule has 0 aliphatic carbocycles. The van der Waals surface area contributed by atoms with Crippen LogP contribution >= 0.6 is 23.2 Å². The van der Waals surface area contributed by atoms with Gasteiger partial charge in [0.2, 0.25) is 21.8 Å². The van der Waals surface area contributed by atoms with Gasteiger partial charge in [0.25, 0.3) is 0 Å². The van der Waals surface area contributed by atoms with E-state index in [0.29, 0.717) is 34.1 Å². The number of amides is 2. The summed E-state index contributed by atoms with van der Waals surface area (Å²) in [5.41, 5.74) is 0.895. The van der Waals surface area contributed by atoms with E-state index in [2.05, 4.69) is 5.32 Å². The van der Waals surface area contributed by atoms with Crippen LogP contribution in [-0.2, 0) is 26.2 Å². The van der Waals surface area contributed by atoms with Gasteiger partial charge < -0.3 is 10.2 Å². The molecule has 0 fully saturated rings. The first-order valence-corrected chi connectivity index (χ1v) is 13.6. The van der Waals surface area contributed by atoms with Crippen LogP contribution in [0.3, 0.4) is 0 Å². The molecule has 35 heavy (non-hydrogen) atoms. The van der Waals surface area contributed by atoms with Crippen molar-refractivity contribution < 1.29 is 22.8 Å². The Labute approximate surface area is 216 Å². The number of halogens is 2. The molecule has 0 spiro atoms. The number of carbonyl (C=O) groups excluding carboxylic acids is 3. The second kappa shape index (κ2) is 12.4. The lowest BCUT2D eigenvalue weighted by molar-refractivity contribution is -0.139. The fraction of sp³-hybridized carbons (Fsp3) is 0.375. The molecule has 0 aromatic heterocycles. The van der Waals surface area contributed by atoms with E-state index in [4.69, 9.17) is 23.2 Å². The summed E-state index contributed by atoms with van der Waals surface area (Å²) in [5.74, 6) is -1.28. The molecular weight excluding hydrogens is 513 g/mol. The summed E-state index contributed by atoms with van der Waals surface area (Å²) >= 11 is 12.6. The molecule has 2 aromatic carbocycles. The zero-order valence-electron chi connectivity index (χ0n) is 20.0. The molecule has 8 nitrogen and oxygen atoms in total. The third-order valence-corrected chi connectivity index (χ3v) is 7.18. The summed E-state index contributed by atoms with van der Waals surface area (Å²) in [5, 5.41) is 3.37. The van der Waals surface area contributed by atoms with Crippen LogP contribution in [-0.4, -0.2) is 56.3 Å². The Bertz CT molecular complexity index is 1180. The molecule has 190 valence electrons. The van der Waals surface area contributed by atoms with Gasteiger partial charge in [0.15, 0.2) is 5.78 Å². The van der Waals surface area contributed by atoms with Gasteiger partial charge in [-0.05, 0) is 44.5 Å². The molecule has 2 amide bonds. The van der Waals surface area contributed by atoms with Gasteiger partial charge in [0.05, 0.1) is 11.9 Å². The van der Waals surface area contributed by atoms with E-state index in [9.17, 15) is 22.8 Å². The monoisotopic (exact) mass is 541 g/mol. The first-order valence-electron chi connectivity index (χ1n) is 11.0. The van der Waals surface area contributed by atoms with Crippen molar-refractivity contribution in [2.24, 2.45) is 0 Å². The Morgan fingerprint density at radius 3 is 2.20 bits per heavy atom. The summed E-state index contributed by atoms with van der Waals surface area (Å²) in [7, 11) is -3.92. The van der Waals surface area contributed by atoms with E-state index in [1.807, 2.05) is 6.92 Å². The van der Waals surface area contributed by atoms with Crippen molar-refractivity contribution in [3.63, 3.8) is 0 Å². The summed E-state index contributed by atoms with van der Waals surface area (Å²) in [4.78, 5) is 39.3. The highest BCUT2D eigenvalue weighted by atomic mass is 35.5. The third-order valence-electron chi connectivity index (χ3n) is 5.33. The fourth-order valence-electron chi connectivity index (χ4n) is 3.33. The van der Waals surface area contributed by atoms with Crippen LogP contribution in [0.1, 0.15) is 43.1 Å². The van der Waals surface area contributed by atoms with Crippen molar-refractivity contribution in [1.82, 2.24) is 10.2 Å². The van der Waals surface area contributed by atoms with E-state index in [1.54, 1.807) is 31.2 Å². The van der Waals surface area contributed by atoms with Crippen LogP contribution in [0.5, 0.6) is 0 Å². The van der Waals surface area contributed by atoms with Gasteiger partial charge in [0.1, 0.15) is 12.6 Å². The summed E-state index contributed by atoms with van der Waals surface area (Å²) in [6, 6.07) is 9.94. The number of ketones is 1. The van der Waals surface area contributed by atoms with Gasteiger partial charge in [0, 0.05) is 34.3 Å². The molecule has 2 aromatic rings. The van der Waals surface area contributed by atoms with E-state index < -0.39 is 34.4 Å². The quantitative estimate of drug-likeness (QED) is 0.434. The van der Waals surface area contributed by atoms with E-state index >= 15 is 0 Å². The summed E-state index contributed by atoms with van der Waals surface area (Å²) in [6.45, 7) is 4.54. The van der Waals surface area contributed by atoms with Crippen LogP contribution in [0.15, 0.2) is 42.5 Å². The van der Waals surface area contributed by atoms with E-state index in [1.165, 1.54) is 30.0 Å². The SMILES string of the molecule is CCCNC(=O)[C@H](C)N(Cc1c(Cl)cccc1Cl)C(=O)CN(c1cccc(C(C)=O)c1)S(C)(=O)=O. The van der Waals surface area contributed by atoms with Crippen molar-refractivity contribution in [3.05, 3.63) is 63.6 Å². The first-order chi connectivity index (χ1) is 16.4. The normalized spacial score (nSPS) is 12.1. The number of hydrogen-bond acceptors (Lipinski definition) is 5. The maximum Gasteiger partial charge on any atom is 0.244 e. The van der Waals surface area contributed by atoms with Crippen LogP contribution in [0.25, 0.3) is 0 Å². The Kier molecular flexibility index (Phi) is 10.1. The van der Waals surface area contributed by atoms with Crippen LogP contribution in [0, 0.1) is 0 Å². The van der Waals surface area contributed by atoms with Gasteiger partial charge in [-0.1, -0.05) is 48.3 Å². The number of hydrogen-bond donors (Lipinski definition) is 1. The lowest BCUT2D eigenvalue weighted by Gasteiger charge is -2.32. The number of anilines is 1. The largest absolute Gasteiger partial charge is 0.354 e. The zero-order chi connectivity index (χ0) is 26.3. The minimum Gasteiger partial charge on any atom is -0.354 e. The summed E-state index contributed by atoms with van der Waals surface area (Å²) < 4.78 is 26.2. The van der Waals surface area contributed by atoms with Gasteiger partial charge in [-0.2, -0.15) is 0 Å². The van der Waals surface area contributed by atoms with Crippen LogP contribution in [0.4, 0.5) is 5.69 Å². The number of nitrogens with one attached hydrogen (secondary N) is 1. The van der Waals surface area contributed by atoms with Crippen molar-refractivity contribution >= 4 is 56.5 Å². The second-order valence-electron chi connectivity index (χ2n) is 8.07. The van der Waals surface area contributed by atoms with E-state index in [0.717, 1.165) is 10.6 Å². The number of nitrogens with zero attached hydrogens (tertiary/aromatic N) is 2. The minimum absolute atomic E-state index is 0.108. The smallest absolute Gasteiger partial charge is 0.244 e. The van der Waals surface area contributed by atoms with E-state index in [-0.39, 0.29) is 18.0 Å². The molecule has 0 saturated carbocycles. The molecule has 0 saturated heterocycles.